The van der Waals surface area contributed by atoms with Gasteiger partial charge >= 0.3 is 5.97 Å². The highest BCUT2D eigenvalue weighted by Gasteiger charge is 2.07. The first kappa shape index (κ1) is 14.7. The topological polar surface area (TPSA) is 49.3 Å². The van der Waals surface area contributed by atoms with E-state index in [-0.39, 0.29) is 0 Å². The minimum atomic E-state index is -0.880. The molecule has 0 fully saturated rings. The third-order valence-corrected chi connectivity index (χ3v) is 4.60. The smallest absolute Gasteiger partial charge is 0.336 e. The number of anilines is 1. The van der Waals surface area contributed by atoms with E-state index in [1.165, 1.54) is 16.2 Å². The fourth-order valence-electron chi connectivity index (χ4n) is 1.66. The van der Waals surface area contributed by atoms with Crippen molar-refractivity contribution in [1.82, 2.24) is 0 Å². The van der Waals surface area contributed by atoms with Gasteiger partial charge in [0.05, 0.1) is 5.56 Å². The van der Waals surface area contributed by atoms with Crippen LogP contribution in [0.15, 0.2) is 53.3 Å². The third kappa shape index (κ3) is 3.88. The second-order valence-corrected chi connectivity index (χ2v) is 6.11. The highest BCUT2D eigenvalue weighted by molar-refractivity contribution is 7.99. The number of carboxylic acid groups (broad SMARTS) is 1. The Bertz CT molecular complexity index is 607. The van der Waals surface area contributed by atoms with Gasteiger partial charge in [-0.25, -0.2) is 4.79 Å². The Balaban J connectivity index is 2.02. The second-order valence-electron chi connectivity index (χ2n) is 4.06. The Labute approximate surface area is 126 Å². The lowest BCUT2D eigenvalue weighted by Gasteiger charge is -2.10. The maximum Gasteiger partial charge on any atom is 0.336 e. The number of para-hydroxylation sites is 1. The summed E-state index contributed by atoms with van der Waals surface area (Å²) in [7, 11) is 0. The lowest BCUT2D eigenvalue weighted by atomic mass is 10.3. The summed E-state index contributed by atoms with van der Waals surface area (Å²) in [6.45, 7) is 4.35. The number of aromatic carboxylic acids is 1. The number of thioether (sulfide) groups is 1. The average Bonchev–Trinajstić information content (AvgIpc) is 2.93. The number of thiophene rings is 1. The molecule has 0 aliphatic heterocycles. The Morgan fingerprint density at radius 3 is 2.95 bits per heavy atom. The normalized spacial score (nSPS) is 10.2. The first-order valence-corrected chi connectivity index (χ1v) is 7.94. The molecule has 1 heterocycles. The molecule has 0 bridgehead atoms. The highest BCUT2D eigenvalue weighted by Crippen LogP contribution is 2.27. The van der Waals surface area contributed by atoms with Crippen molar-refractivity contribution in [2.75, 3.05) is 11.1 Å². The molecule has 1 aromatic carbocycles. The zero-order valence-electron chi connectivity index (χ0n) is 10.8. The fourth-order valence-corrected chi connectivity index (χ4v) is 3.22. The number of nitrogens with one attached hydrogen (secondary N) is 1. The van der Waals surface area contributed by atoms with E-state index < -0.39 is 5.97 Å². The summed E-state index contributed by atoms with van der Waals surface area (Å²) in [4.78, 5) is 13.0. The van der Waals surface area contributed by atoms with Crippen molar-refractivity contribution in [3.63, 3.8) is 0 Å². The van der Waals surface area contributed by atoms with Crippen LogP contribution in [0.4, 0.5) is 5.69 Å². The molecule has 0 unspecified atom stereocenters. The number of hydrogen-bond acceptors (Lipinski definition) is 4. The Morgan fingerprint density at radius 2 is 2.25 bits per heavy atom. The molecule has 5 heteroatoms. The Hall–Kier alpha value is -1.72. The minimum absolute atomic E-state index is 0.348. The summed E-state index contributed by atoms with van der Waals surface area (Å²) in [5.74, 6) is -0.0182. The highest BCUT2D eigenvalue weighted by atomic mass is 32.2. The van der Waals surface area contributed by atoms with Crippen LogP contribution in [0.25, 0.3) is 0 Å². The molecular weight excluding hydrogens is 290 g/mol. The van der Waals surface area contributed by atoms with E-state index in [0.717, 1.165) is 16.3 Å². The largest absolute Gasteiger partial charge is 0.478 e. The Kier molecular flexibility index (Phi) is 5.26. The number of rotatable bonds is 7. The van der Waals surface area contributed by atoms with Gasteiger partial charge < -0.3 is 10.4 Å². The third-order valence-electron chi connectivity index (χ3n) is 2.60. The van der Waals surface area contributed by atoms with Gasteiger partial charge in [-0.3, -0.25) is 0 Å². The molecule has 0 spiro atoms. The molecule has 0 saturated carbocycles. The zero-order chi connectivity index (χ0) is 14.4. The lowest BCUT2D eigenvalue weighted by Crippen LogP contribution is -1.99. The summed E-state index contributed by atoms with van der Waals surface area (Å²) in [5.41, 5.74) is 1.41. The maximum absolute atomic E-state index is 10.8. The van der Waals surface area contributed by atoms with Crippen LogP contribution in [-0.2, 0) is 6.54 Å². The van der Waals surface area contributed by atoms with E-state index in [2.05, 4.69) is 18.0 Å². The molecule has 0 aliphatic carbocycles. The van der Waals surface area contributed by atoms with Gasteiger partial charge in [0.25, 0.3) is 0 Å². The van der Waals surface area contributed by atoms with E-state index in [1.807, 2.05) is 24.3 Å². The van der Waals surface area contributed by atoms with Crippen LogP contribution in [0.2, 0.25) is 0 Å². The number of hydrogen-bond donors (Lipinski definition) is 2. The van der Waals surface area contributed by atoms with Gasteiger partial charge in [-0.15, -0.1) is 29.7 Å². The number of carboxylic acids is 1. The number of benzene rings is 1. The molecule has 0 saturated heterocycles. The molecule has 20 heavy (non-hydrogen) atoms. The molecule has 0 amide bonds. The van der Waals surface area contributed by atoms with Gasteiger partial charge in [0.2, 0.25) is 0 Å². The summed E-state index contributed by atoms with van der Waals surface area (Å²) < 4.78 is 0. The summed E-state index contributed by atoms with van der Waals surface area (Å²) in [6, 6.07) is 9.78. The Morgan fingerprint density at radius 1 is 1.45 bits per heavy atom. The van der Waals surface area contributed by atoms with E-state index in [0.29, 0.717) is 12.1 Å². The molecule has 1 aromatic heterocycles. The quantitative estimate of drug-likeness (QED) is 0.590. The van der Waals surface area contributed by atoms with Crippen LogP contribution in [0.3, 0.4) is 0 Å². The van der Waals surface area contributed by atoms with Gasteiger partial charge in [0.15, 0.2) is 0 Å². The van der Waals surface area contributed by atoms with Crippen molar-refractivity contribution >= 4 is 34.8 Å². The van der Waals surface area contributed by atoms with Crippen molar-refractivity contribution in [1.29, 1.82) is 0 Å². The van der Waals surface area contributed by atoms with Crippen molar-refractivity contribution in [3.05, 3.63) is 58.8 Å². The maximum atomic E-state index is 10.8. The van der Waals surface area contributed by atoms with Crippen molar-refractivity contribution in [3.8, 4) is 0 Å². The minimum Gasteiger partial charge on any atom is -0.478 e. The molecule has 0 radical (unpaired) electrons. The first-order chi connectivity index (χ1) is 9.70. The second kappa shape index (κ2) is 7.17. The predicted molar refractivity (Wildman–Crippen MR) is 86.0 cm³/mol. The fraction of sp³-hybridized carbons (Fsp3) is 0.133. The van der Waals surface area contributed by atoms with Crippen molar-refractivity contribution in [2.24, 2.45) is 0 Å². The monoisotopic (exact) mass is 305 g/mol. The molecule has 3 nitrogen and oxygen atoms in total. The molecule has 2 rings (SSSR count). The van der Waals surface area contributed by atoms with Gasteiger partial charge in [-0.1, -0.05) is 18.2 Å². The SMILES string of the molecule is C=CCSc1ccccc1NCc1cc(C(=O)O)cs1. The van der Waals surface area contributed by atoms with E-state index in [4.69, 9.17) is 5.11 Å². The van der Waals surface area contributed by atoms with Gasteiger partial charge in [0.1, 0.15) is 0 Å². The molecule has 104 valence electrons. The van der Waals surface area contributed by atoms with E-state index in [9.17, 15) is 4.79 Å². The molecule has 0 atom stereocenters. The summed E-state index contributed by atoms with van der Waals surface area (Å²) in [6.07, 6.45) is 1.87. The van der Waals surface area contributed by atoms with Crippen molar-refractivity contribution in [2.45, 2.75) is 11.4 Å². The van der Waals surface area contributed by atoms with Crippen molar-refractivity contribution < 1.29 is 9.90 Å². The van der Waals surface area contributed by atoms with Crippen LogP contribution in [0.5, 0.6) is 0 Å². The first-order valence-electron chi connectivity index (χ1n) is 6.08. The van der Waals surface area contributed by atoms with Crippen LogP contribution in [0, 0.1) is 0 Å². The van der Waals surface area contributed by atoms with Crippen LogP contribution in [-0.4, -0.2) is 16.8 Å². The van der Waals surface area contributed by atoms with Gasteiger partial charge in [0, 0.05) is 33.1 Å². The molecule has 0 aliphatic rings. The molecule has 2 aromatic rings. The summed E-state index contributed by atoms with van der Waals surface area (Å²) >= 11 is 3.18. The molecular formula is C15H15NO2S2. The number of carbonyl (C=O) groups is 1. The lowest BCUT2D eigenvalue weighted by molar-refractivity contribution is 0.0697. The zero-order valence-corrected chi connectivity index (χ0v) is 12.5. The van der Waals surface area contributed by atoms with E-state index >= 15 is 0 Å². The van der Waals surface area contributed by atoms with Crippen LogP contribution < -0.4 is 5.32 Å². The van der Waals surface area contributed by atoms with Gasteiger partial charge in [-0.05, 0) is 18.2 Å². The predicted octanol–water partition coefficient (Wildman–Crippen LogP) is 4.34. The average molecular weight is 305 g/mol. The van der Waals surface area contributed by atoms with E-state index in [1.54, 1.807) is 23.2 Å². The molecule has 2 N–H and O–H groups in total. The van der Waals surface area contributed by atoms with Crippen LogP contribution >= 0.6 is 23.1 Å². The summed E-state index contributed by atoms with van der Waals surface area (Å²) in [5, 5.41) is 13.9. The van der Waals surface area contributed by atoms with Gasteiger partial charge in [-0.2, -0.15) is 0 Å². The van der Waals surface area contributed by atoms with Crippen LogP contribution in [0.1, 0.15) is 15.2 Å². The standard InChI is InChI=1S/C15H15NO2S2/c1-2-7-19-14-6-4-3-5-13(14)16-9-12-8-11(10-20-12)15(17)18/h2-6,8,10,16H,1,7,9H2,(H,17,18).